The molecule has 1 aliphatic heterocycles. The van der Waals surface area contributed by atoms with Crippen molar-refractivity contribution in [2.75, 3.05) is 45.8 Å². The average Bonchev–Trinajstić information content (AvgIpc) is 2.56. The predicted molar refractivity (Wildman–Crippen MR) is 90.6 cm³/mol. The maximum atomic E-state index is 8.79. The van der Waals surface area contributed by atoms with Crippen LogP contribution in [0.15, 0.2) is 24.3 Å². The molecule has 0 aliphatic carbocycles. The van der Waals surface area contributed by atoms with Crippen LogP contribution in [0, 0.1) is 17.2 Å². The molecule has 0 saturated carbocycles. The molecule has 1 N–H and O–H groups in total. The van der Waals surface area contributed by atoms with Gasteiger partial charge in [0.05, 0.1) is 11.6 Å². The zero-order valence-corrected chi connectivity index (χ0v) is 13.9. The Hall–Kier alpha value is -1.41. The van der Waals surface area contributed by atoms with Gasteiger partial charge in [-0.05, 0) is 36.7 Å². The van der Waals surface area contributed by atoms with Crippen LogP contribution in [0.25, 0.3) is 0 Å². The Morgan fingerprint density at radius 1 is 1.14 bits per heavy atom. The Morgan fingerprint density at radius 2 is 1.77 bits per heavy atom. The van der Waals surface area contributed by atoms with Gasteiger partial charge in [0.15, 0.2) is 0 Å². The molecule has 1 saturated heterocycles. The van der Waals surface area contributed by atoms with E-state index in [0.29, 0.717) is 5.92 Å². The van der Waals surface area contributed by atoms with Crippen LogP contribution in [-0.4, -0.2) is 55.6 Å². The van der Waals surface area contributed by atoms with Gasteiger partial charge in [-0.3, -0.25) is 0 Å². The summed E-state index contributed by atoms with van der Waals surface area (Å²) < 4.78 is 0. The van der Waals surface area contributed by atoms with E-state index in [2.05, 4.69) is 35.0 Å². The first kappa shape index (κ1) is 17.0. The summed E-state index contributed by atoms with van der Waals surface area (Å²) in [7, 11) is 0. The van der Waals surface area contributed by atoms with Crippen LogP contribution in [-0.2, 0) is 6.54 Å². The maximum Gasteiger partial charge on any atom is 0.0991 e. The SMILES string of the molecule is CCN1CCN(CC(C)CNCc2ccc(C#N)cc2)CC1. The standard InChI is InChI=1S/C18H28N4/c1-3-21-8-10-22(11-9-21)15-16(2)13-20-14-18-6-4-17(12-19)5-7-18/h4-7,16,20H,3,8-11,13-15H2,1-2H3. The van der Waals surface area contributed by atoms with E-state index >= 15 is 0 Å². The molecule has 1 fully saturated rings. The van der Waals surface area contributed by atoms with Gasteiger partial charge < -0.3 is 15.1 Å². The summed E-state index contributed by atoms with van der Waals surface area (Å²) in [5.74, 6) is 0.659. The van der Waals surface area contributed by atoms with E-state index < -0.39 is 0 Å². The van der Waals surface area contributed by atoms with E-state index in [1.807, 2.05) is 24.3 Å². The fourth-order valence-corrected chi connectivity index (χ4v) is 2.95. The van der Waals surface area contributed by atoms with Gasteiger partial charge in [0, 0.05) is 39.3 Å². The molecule has 120 valence electrons. The summed E-state index contributed by atoms with van der Waals surface area (Å²) in [6.07, 6.45) is 0. The van der Waals surface area contributed by atoms with E-state index in [1.54, 1.807) is 0 Å². The lowest BCUT2D eigenvalue weighted by Gasteiger charge is -2.35. The lowest BCUT2D eigenvalue weighted by Crippen LogP contribution is -2.48. The van der Waals surface area contributed by atoms with Crippen molar-refractivity contribution in [2.24, 2.45) is 5.92 Å². The number of nitrogens with one attached hydrogen (secondary N) is 1. The molecule has 0 radical (unpaired) electrons. The average molecular weight is 300 g/mol. The highest BCUT2D eigenvalue weighted by atomic mass is 15.3. The first-order chi connectivity index (χ1) is 10.7. The summed E-state index contributed by atoms with van der Waals surface area (Å²) in [4.78, 5) is 5.10. The molecule has 4 heteroatoms. The highest BCUT2D eigenvalue weighted by Crippen LogP contribution is 2.06. The molecule has 1 heterocycles. The second-order valence-electron chi connectivity index (χ2n) is 6.28. The molecule has 0 bridgehead atoms. The lowest BCUT2D eigenvalue weighted by molar-refractivity contribution is 0.124. The van der Waals surface area contributed by atoms with Crippen LogP contribution in [0.2, 0.25) is 0 Å². The molecule has 1 unspecified atom stereocenters. The van der Waals surface area contributed by atoms with E-state index in [1.165, 1.54) is 44.8 Å². The minimum atomic E-state index is 0.659. The zero-order chi connectivity index (χ0) is 15.8. The molecular formula is C18H28N4. The Morgan fingerprint density at radius 3 is 2.36 bits per heavy atom. The molecule has 1 aromatic carbocycles. The molecule has 0 spiro atoms. The van der Waals surface area contributed by atoms with Crippen molar-refractivity contribution in [3.8, 4) is 6.07 Å². The van der Waals surface area contributed by atoms with Crippen molar-refractivity contribution < 1.29 is 0 Å². The molecule has 2 rings (SSSR count). The summed E-state index contributed by atoms with van der Waals surface area (Å²) in [6, 6.07) is 9.97. The van der Waals surface area contributed by atoms with Crippen LogP contribution in [0.3, 0.4) is 0 Å². The van der Waals surface area contributed by atoms with Gasteiger partial charge in [-0.2, -0.15) is 5.26 Å². The number of rotatable bonds is 7. The summed E-state index contributed by atoms with van der Waals surface area (Å²) in [5, 5.41) is 12.3. The number of benzene rings is 1. The monoisotopic (exact) mass is 300 g/mol. The molecule has 0 aromatic heterocycles. The fraction of sp³-hybridized carbons (Fsp3) is 0.611. The largest absolute Gasteiger partial charge is 0.312 e. The Kier molecular flexibility index (Phi) is 6.85. The van der Waals surface area contributed by atoms with Gasteiger partial charge in [-0.1, -0.05) is 26.0 Å². The third kappa shape index (κ3) is 5.42. The number of nitriles is 1. The van der Waals surface area contributed by atoms with E-state index in [9.17, 15) is 0 Å². The number of piperazine rings is 1. The van der Waals surface area contributed by atoms with Gasteiger partial charge in [-0.25, -0.2) is 0 Å². The number of hydrogen-bond donors (Lipinski definition) is 1. The second kappa shape index (κ2) is 8.89. The highest BCUT2D eigenvalue weighted by Gasteiger charge is 2.17. The third-order valence-corrected chi connectivity index (χ3v) is 4.39. The number of hydrogen-bond acceptors (Lipinski definition) is 4. The van der Waals surface area contributed by atoms with Crippen molar-refractivity contribution in [1.29, 1.82) is 5.26 Å². The Bertz CT molecular complexity index is 469. The first-order valence-electron chi connectivity index (χ1n) is 8.35. The summed E-state index contributed by atoms with van der Waals surface area (Å²) in [5.41, 5.74) is 1.96. The van der Waals surface area contributed by atoms with Crippen LogP contribution >= 0.6 is 0 Å². The van der Waals surface area contributed by atoms with Crippen molar-refractivity contribution in [1.82, 2.24) is 15.1 Å². The predicted octanol–water partition coefficient (Wildman–Crippen LogP) is 1.92. The van der Waals surface area contributed by atoms with Crippen LogP contribution in [0.5, 0.6) is 0 Å². The van der Waals surface area contributed by atoms with E-state index in [4.69, 9.17) is 5.26 Å². The lowest BCUT2D eigenvalue weighted by atomic mass is 10.1. The highest BCUT2D eigenvalue weighted by molar-refractivity contribution is 5.31. The summed E-state index contributed by atoms with van der Waals surface area (Å²) in [6.45, 7) is 13.6. The molecule has 1 aromatic rings. The van der Waals surface area contributed by atoms with Gasteiger partial charge in [0.2, 0.25) is 0 Å². The van der Waals surface area contributed by atoms with Crippen LogP contribution < -0.4 is 5.32 Å². The van der Waals surface area contributed by atoms with E-state index in [-0.39, 0.29) is 0 Å². The molecular weight excluding hydrogens is 272 g/mol. The number of likely N-dealkylation sites (N-methyl/N-ethyl adjacent to an activating group) is 1. The van der Waals surface area contributed by atoms with Crippen LogP contribution in [0.4, 0.5) is 0 Å². The molecule has 1 aliphatic rings. The normalized spacial score (nSPS) is 18.0. The molecule has 22 heavy (non-hydrogen) atoms. The maximum absolute atomic E-state index is 8.79. The van der Waals surface area contributed by atoms with Crippen molar-refractivity contribution >= 4 is 0 Å². The Balaban J connectivity index is 1.63. The van der Waals surface area contributed by atoms with Gasteiger partial charge in [-0.15, -0.1) is 0 Å². The second-order valence-corrected chi connectivity index (χ2v) is 6.28. The van der Waals surface area contributed by atoms with E-state index in [0.717, 1.165) is 18.7 Å². The van der Waals surface area contributed by atoms with Crippen molar-refractivity contribution in [3.05, 3.63) is 35.4 Å². The minimum absolute atomic E-state index is 0.659. The molecule has 0 amide bonds. The Labute approximate surface area is 134 Å². The zero-order valence-electron chi connectivity index (χ0n) is 13.9. The summed E-state index contributed by atoms with van der Waals surface area (Å²) >= 11 is 0. The smallest absolute Gasteiger partial charge is 0.0991 e. The molecule has 4 nitrogen and oxygen atoms in total. The van der Waals surface area contributed by atoms with Gasteiger partial charge in [0.25, 0.3) is 0 Å². The minimum Gasteiger partial charge on any atom is -0.312 e. The van der Waals surface area contributed by atoms with Gasteiger partial charge >= 0.3 is 0 Å². The third-order valence-electron chi connectivity index (χ3n) is 4.39. The quantitative estimate of drug-likeness (QED) is 0.835. The van der Waals surface area contributed by atoms with Crippen molar-refractivity contribution in [3.63, 3.8) is 0 Å². The van der Waals surface area contributed by atoms with Crippen LogP contribution in [0.1, 0.15) is 25.0 Å². The van der Waals surface area contributed by atoms with Gasteiger partial charge in [0.1, 0.15) is 0 Å². The molecule has 1 atom stereocenters. The number of nitrogens with zero attached hydrogens (tertiary/aromatic N) is 3. The first-order valence-corrected chi connectivity index (χ1v) is 8.35. The topological polar surface area (TPSA) is 42.3 Å². The fourth-order valence-electron chi connectivity index (χ4n) is 2.95. The van der Waals surface area contributed by atoms with Crippen molar-refractivity contribution in [2.45, 2.75) is 20.4 Å².